The Bertz CT molecular complexity index is 537. The van der Waals surface area contributed by atoms with Gasteiger partial charge in [0.05, 0.1) is 12.7 Å². The lowest BCUT2D eigenvalue weighted by Gasteiger charge is -2.15. The van der Waals surface area contributed by atoms with E-state index in [9.17, 15) is 8.42 Å². The third-order valence-corrected chi connectivity index (χ3v) is 5.56. The largest absolute Gasteiger partial charge is 0.312 e. The lowest BCUT2D eigenvalue weighted by Crippen LogP contribution is -2.27. The Morgan fingerprint density at radius 1 is 1.43 bits per heavy atom. The summed E-state index contributed by atoms with van der Waals surface area (Å²) in [6.45, 7) is 4.20. The van der Waals surface area contributed by atoms with Gasteiger partial charge in [0.2, 0.25) is 10.0 Å². The van der Waals surface area contributed by atoms with Gasteiger partial charge in [0.1, 0.15) is 4.90 Å². The Labute approximate surface area is 127 Å². The van der Waals surface area contributed by atoms with Crippen molar-refractivity contribution >= 4 is 10.0 Å². The molecule has 1 fully saturated rings. The lowest BCUT2D eigenvalue weighted by molar-refractivity contribution is 0.454. The summed E-state index contributed by atoms with van der Waals surface area (Å²) in [5, 5.41) is 7.54. The molecule has 0 spiro atoms. The van der Waals surface area contributed by atoms with Crippen LogP contribution in [0.15, 0.2) is 17.3 Å². The molecule has 1 aliphatic rings. The van der Waals surface area contributed by atoms with Crippen LogP contribution >= 0.6 is 0 Å². The number of hydrogen-bond donors (Lipinski definition) is 1. The molecule has 1 N–H and O–H groups in total. The van der Waals surface area contributed by atoms with Crippen molar-refractivity contribution in [3.63, 3.8) is 0 Å². The third-order valence-electron chi connectivity index (χ3n) is 3.75. The third kappa shape index (κ3) is 4.79. The molecule has 0 radical (unpaired) electrons. The molecule has 120 valence electrons. The predicted octanol–water partition coefficient (Wildman–Crippen LogP) is 1.45. The number of sulfonamides is 1. The molecule has 0 saturated heterocycles. The van der Waals surface area contributed by atoms with Gasteiger partial charge in [-0.05, 0) is 19.3 Å². The van der Waals surface area contributed by atoms with Gasteiger partial charge in [-0.15, -0.1) is 0 Å². The van der Waals surface area contributed by atoms with E-state index in [1.165, 1.54) is 23.3 Å². The molecular weight excluding hydrogens is 288 g/mol. The van der Waals surface area contributed by atoms with Gasteiger partial charge in [0.25, 0.3) is 0 Å². The maximum absolute atomic E-state index is 12.4. The van der Waals surface area contributed by atoms with Gasteiger partial charge in [-0.3, -0.25) is 4.68 Å². The van der Waals surface area contributed by atoms with Crippen molar-refractivity contribution in [1.29, 1.82) is 0 Å². The lowest BCUT2D eigenvalue weighted by atomic mass is 10.2. The minimum atomic E-state index is -3.40. The van der Waals surface area contributed by atoms with Crippen molar-refractivity contribution in [3.8, 4) is 0 Å². The zero-order chi connectivity index (χ0) is 15.3. The highest BCUT2D eigenvalue weighted by Crippen LogP contribution is 2.18. The second kappa shape index (κ2) is 7.38. The van der Waals surface area contributed by atoms with Crippen molar-refractivity contribution in [2.45, 2.75) is 56.5 Å². The smallest absolute Gasteiger partial charge is 0.245 e. The van der Waals surface area contributed by atoms with Gasteiger partial charge >= 0.3 is 0 Å². The van der Waals surface area contributed by atoms with E-state index in [2.05, 4.69) is 17.3 Å². The number of unbranched alkanes of at least 4 members (excludes halogenated alkanes) is 2. The minimum absolute atomic E-state index is 0.285. The fraction of sp³-hybridized carbons (Fsp3) is 0.786. The fourth-order valence-corrected chi connectivity index (χ4v) is 3.32. The van der Waals surface area contributed by atoms with Crippen LogP contribution in [0.4, 0.5) is 0 Å². The Morgan fingerprint density at radius 2 is 2.19 bits per heavy atom. The number of aromatic nitrogens is 2. The van der Waals surface area contributed by atoms with Crippen LogP contribution in [0.25, 0.3) is 0 Å². The molecule has 0 unspecified atom stereocenters. The Kier molecular flexibility index (Phi) is 5.78. The van der Waals surface area contributed by atoms with E-state index in [4.69, 9.17) is 0 Å². The van der Waals surface area contributed by atoms with Gasteiger partial charge in [0.15, 0.2) is 0 Å². The number of rotatable bonds is 10. The molecule has 1 heterocycles. The topological polar surface area (TPSA) is 67.2 Å². The zero-order valence-electron chi connectivity index (χ0n) is 13.0. The van der Waals surface area contributed by atoms with Crippen LogP contribution in [-0.2, 0) is 16.6 Å². The van der Waals surface area contributed by atoms with Gasteiger partial charge in [-0.1, -0.05) is 19.8 Å². The first-order valence-electron chi connectivity index (χ1n) is 7.76. The molecule has 1 aromatic rings. The van der Waals surface area contributed by atoms with Crippen LogP contribution in [0, 0.1) is 0 Å². The molecule has 0 atom stereocenters. The van der Waals surface area contributed by atoms with E-state index in [0.717, 1.165) is 25.8 Å². The maximum Gasteiger partial charge on any atom is 0.245 e. The van der Waals surface area contributed by atoms with E-state index in [0.29, 0.717) is 19.1 Å². The van der Waals surface area contributed by atoms with Crippen LogP contribution in [0.1, 0.15) is 39.0 Å². The second-order valence-electron chi connectivity index (χ2n) is 5.70. The Morgan fingerprint density at radius 3 is 2.86 bits per heavy atom. The van der Waals surface area contributed by atoms with Gasteiger partial charge in [-0.2, -0.15) is 5.10 Å². The minimum Gasteiger partial charge on any atom is -0.312 e. The van der Waals surface area contributed by atoms with Crippen molar-refractivity contribution in [2.75, 3.05) is 20.1 Å². The maximum atomic E-state index is 12.4. The quantitative estimate of drug-likeness (QED) is 0.664. The van der Waals surface area contributed by atoms with Crippen LogP contribution in [0.2, 0.25) is 0 Å². The highest BCUT2D eigenvalue weighted by atomic mass is 32.2. The van der Waals surface area contributed by atoms with Gasteiger partial charge < -0.3 is 5.32 Å². The second-order valence-corrected chi connectivity index (χ2v) is 7.75. The molecule has 6 nitrogen and oxygen atoms in total. The molecule has 1 saturated carbocycles. The highest BCUT2D eigenvalue weighted by Gasteiger charge is 2.22. The molecule has 7 heteroatoms. The summed E-state index contributed by atoms with van der Waals surface area (Å²) in [5.74, 6) is 0. The number of nitrogens with one attached hydrogen (secondary N) is 1. The fourth-order valence-electron chi connectivity index (χ4n) is 2.16. The molecule has 0 amide bonds. The van der Waals surface area contributed by atoms with E-state index in [1.807, 2.05) is 0 Å². The highest BCUT2D eigenvalue weighted by molar-refractivity contribution is 7.89. The monoisotopic (exact) mass is 314 g/mol. The normalized spacial score (nSPS) is 15.8. The van der Waals surface area contributed by atoms with Gasteiger partial charge in [0, 0.05) is 32.4 Å². The van der Waals surface area contributed by atoms with Crippen molar-refractivity contribution < 1.29 is 8.42 Å². The zero-order valence-corrected chi connectivity index (χ0v) is 13.8. The van der Waals surface area contributed by atoms with Gasteiger partial charge in [-0.25, -0.2) is 12.7 Å². The summed E-state index contributed by atoms with van der Waals surface area (Å²) >= 11 is 0. The molecule has 0 aromatic carbocycles. The summed E-state index contributed by atoms with van der Waals surface area (Å²) in [7, 11) is -1.76. The molecule has 2 rings (SSSR count). The number of nitrogens with zero attached hydrogens (tertiary/aromatic N) is 3. The van der Waals surface area contributed by atoms with E-state index < -0.39 is 10.0 Å². The van der Waals surface area contributed by atoms with Crippen LogP contribution in [0.5, 0.6) is 0 Å². The molecule has 1 aliphatic carbocycles. The predicted molar refractivity (Wildman–Crippen MR) is 82.6 cm³/mol. The number of hydrogen-bond acceptors (Lipinski definition) is 4. The summed E-state index contributed by atoms with van der Waals surface area (Å²) in [5.41, 5.74) is 0. The average molecular weight is 314 g/mol. The van der Waals surface area contributed by atoms with Crippen molar-refractivity contribution in [1.82, 2.24) is 19.4 Å². The molecule has 21 heavy (non-hydrogen) atoms. The molecular formula is C14H26N4O2S. The first-order valence-corrected chi connectivity index (χ1v) is 9.20. The van der Waals surface area contributed by atoms with Crippen molar-refractivity contribution in [3.05, 3.63) is 12.4 Å². The SMILES string of the molecule is CCCCCN(C)S(=O)(=O)c1cnn(CCNC2CC2)c1. The van der Waals surface area contributed by atoms with Crippen LogP contribution in [-0.4, -0.2) is 48.7 Å². The average Bonchev–Trinajstić information content (AvgIpc) is 3.14. The summed E-state index contributed by atoms with van der Waals surface area (Å²) < 4.78 is 27.9. The molecule has 0 bridgehead atoms. The summed E-state index contributed by atoms with van der Waals surface area (Å²) in [6.07, 6.45) is 8.60. The van der Waals surface area contributed by atoms with Crippen LogP contribution in [0.3, 0.4) is 0 Å². The Balaban J connectivity index is 1.87. The Hall–Kier alpha value is -0.920. The van der Waals surface area contributed by atoms with E-state index >= 15 is 0 Å². The standard InChI is InChI=1S/C14H26N4O2S/c1-3-4-5-9-17(2)21(19,20)14-11-16-18(12-14)10-8-15-13-6-7-13/h11-13,15H,3-10H2,1-2H3. The first-order chi connectivity index (χ1) is 10.0. The molecule has 1 aromatic heterocycles. The first kappa shape index (κ1) is 16.5. The summed E-state index contributed by atoms with van der Waals surface area (Å²) in [4.78, 5) is 0.285. The molecule has 0 aliphatic heterocycles. The van der Waals surface area contributed by atoms with E-state index in [-0.39, 0.29) is 4.90 Å². The van der Waals surface area contributed by atoms with Crippen molar-refractivity contribution in [2.24, 2.45) is 0 Å². The van der Waals surface area contributed by atoms with E-state index in [1.54, 1.807) is 17.9 Å². The summed E-state index contributed by atoms with van der Waals surface area (Å²) in [6, 6.07) is 0.661. The van der Waals surface area contributed by atoms with Crippen LogP contribution < -0.4 is 5.32 Å².